The molecule has 2 aromatic carbocycles. The third-order valence-electron chi connectivity index (χ3n) is 5.00. The Morgan fingerprint density at radius 1 is 1.07 bits per heavy atom. The molecule has 1 saturated heterocycles. The number of rotatable bonds is 4. The molecule has 1 aliphatic heterocycles. The molecule has 5 nitrogen and oxygen atoms in total. The minimum atomic E-state index is -3.63. The van der Waals surface area contributed by atoms with Gasteiger partial charge in [0.15, 0.2) is 0 Å². The van der Waals surface area contributed by atoms with Crippen LogP contribution in [0.1, 0.15) is 29.5 Å². The molecule has 6 heteroatoms. The molecular weight excluding hydrogens is 360 g/mol. The van der Waals surface area contributed by atoms with E-state index in [0.29, 0.717) is 24.3 Å². The molecule has 0 aromatic heterocycles. The lowest BCUT2D eigenvalue weighted by Crippen LogP contribution is -2.44. The van der Waals surface area contributed by atoms with Gasteiger partial charge in [0, 0.05) is 18.8 Å². The quantitative estimate of drug-likeness (QED) is 0.872. The van der Waals surface area contributed by atoms with Gasteiger partial charge in [-0.25, -0.2) is 8.42 Å². The van der Waals surface area contributed by atoms with Crippen molar-refractivity contribution in [1.29, 1.82) is 0 Å². The minimum absolute atomic E-state index is 0.126. The first-order valence-electron chi connectivity index (χ1n) is 9.23. The van der Waals surface area contributed by atoms with Gasteiger partial charge in [-0.05, 0) is 56.9 Å². The molecule has 0 bridgehead atoms. The average Bonchev–Trinajstić information content (AvgIpc) is 2.61. The predicted octanol–water partition coefficient (Wildman–Crippen LogP) is 3.65. The molecule has 1 N–H and O–H groups in total. The van der Waals surface area contributed by atoms with Crippen molar-refractivity contribution in [2.45, 2.75) is 38.5 Å². The van der Waals surface area contributed by atoms with Crippen molar-refractivity contribution < 1.29 is 13.2 Å². The van der Waals surface area contributed by atoms with Crippen LogP contribution in [0.5, 0.6) is 0 Å². The van der Waals surface area contributed by atoms with E-state index in [-0.39, 0.29) is 18.4 Å². The molecule has 2 aromatic rings. The molecule has 1 fully saturated rings. The topological polar surface area (TPSA) is 66.5 Å². The van der Waals surface area contributed by atoms with Gasteiger partial charge in [0.1, 0.15) is 0 Å². The van der Waals surface area contributed by atoms with Crippen LogP contribution < -0.4 is 5.32 Å². The highest BCUT2D eigenvalue weighted by Crippen LogP contribution is 2.29. The molecule has 0 radical (unpaired) electrons. The molecule has 144 valence electrons. The van der Waals surface area contributed by atoms with Crippen molar-refractivity contribution in [3.05, 3.63) is 59.2 Å². The summed E-state index contributed by atoms with van der Waals surface area (Å²) in [7, 11) is -3.63. The Morgan fingerprint density at radius 3 is 2.33 bits per heavy atom. The van der Waals surface area contributed by atoms with Crippen LogP contribution in [-0.2, 0) is 14.8 Å². The second kappa shape index (κ2) is 7.82. The molecule has 1 atom stereocenters. The summed E-state index contributed by atoms with van der Waals surface area (Å²) < 4.78 is 28.0. The lowest BCUT2D eigenvalue weighted by atomic mass is 9.99. The van der Waals surface area contributed by atoms with Crippen LogP contribution in [0.4, 0.5) is 5.69 Å². The predicted molar refractivity (Wildman–Crippen MR) is 107 cm³/mol. The number of hydrogen-bond donors (Lipinski definition) is 1. The first-order valence-corrected chi connectivity index (χ1v) is 10.7. The SMILES string of the molecule is Cc1cc(C)c(S(=O)(=O)N2CCC[C@@H](C(=O)Nc3ccccc3)C2)c(C)c1. The summed E-state index contributed by atoms with van der Waals surface area (Å²) in [5, 5.41) is 2.89. The van der Waals surface area contributed by atoms with Crippen LogP contribution in [0, 0.1) is 26.7 Å². The van der Waals surface area contributed by atoms with Gasteiger partial charge in [-0.1, -0.05) is 35.9 Å². The van der Waals surface area contributed by atoms with Crippen molar-refractivity contribution >= 4 is 21.6 Å². The maximum Gasteiger partial charge on any atom is 0.243 e. The van der Waals surface area contributed by atoms with Crippen molar-refractivity contribution in [3.63, 3.8) is 0 Å². The molecular formula is C21H26N2O3S. The second-order valence-electron chi connectivity index (χ2n) is 7.29. The number of benzene rings is 2. The van der Waals surface area contributed by atoms with Gasteiger partial charge < -0.3 is 5.32 Å². The van der Waals surface area contributed by atoms with Crippen molar-refractivity contribution in [2.75, 3.05) is 18.4 Å². The summed E-state index contributed by atoms with van der Waals surface area (Å²) in [4.78, 5) is 13.0. The number of nitrogens with one attached hydrogen (secondary N) is 1. The monoisotopic (exact) mass is 386 g/mol. The summed E-state index contributed by atoms with van der Waals surface area (Å²) in [6.45, 7) is 6.28. The Labute approximate surface area is 161 Å². The summed E-state index contributed by atoms with van der Waals surface area (Å²) in [6.07, 6.45) is 1.37. The van der Waals surface area contributed by atoms with Gasteiger partial charge in [0.05, 0.1) is 10.8 Å². The fraction of sp³-hybridized carbons (Fsp3) is 0.381. The Bertz CT molecular complexity index is 916. The number of carbonyl (C=O) groups is 1. The Hall–Kier alpha value is -2.18. The lowest BCUT2D eigenvalue weighted by Gasteiger charge is -2.32. The van der Waals surface area contributed by atoms with Crippen LogP contribution in [0.25, 0.3) is 0 Å². The van der Waals surface area contributed by atoms with Crippen LogP contribution in [0.2, 0.25) is 0 Å². The number of aryl methyl sites for hydroxylation is 3. The van der Waals surface area contributed by atoms with E-state index in [1.54, 1.807) is 0 Å². The summed E-state index contributed by atoms with van der Waals surface area (Å²) in [5.41, 5.74) is 3.28. The molecule has 1 aliphatic rings. The number of piperidine rings is 1. The fourth-order valence-electron chi connectivity index (χ4n) is 3.84. The number of sulfonamides is 1. The highest BCUT2D eigenvalue weighted by Gasteiger charge is 2.34. The normalized spacial score (nSPS) is 18.3. The van der Waals surface area contributed by atoms with E-state index >= 15 is 0 Å². The van der Waals surface area contributed by atoms with Crippen molar-refractivity contribution in [2.24, 2.45) is 5.92 Å². The zero-order valence-corrected chi connectivity index (χ0v) is 16.8. The zero-order valence-electron chi connectivity index (χ0n) is 16.0. The first kappa shape index (κ1) is 19.6. The van der Waals surface area contributed by atoms with Gasteiger partial charge in [-0.2, -0.15) is 4.31 Å². The highest BCUT2D eigenvalue weighted by atomic mass is 32.2. The standard InChI is InChI=1S/C21H26N2O3S/c1-15-12-16(2)20(17(3)13-15)27(25,26)23-11-7-8-18(14-23)21(24)22-19-9-5-4-6-10-19/h4-6,9-10,12-13,18H,7-8,11,14H2,1-3H3,(H,22,24)/t18-/m1/s1. The smallest absolute Gasteiger partial charge is 0.243 e. The van der Waals surface area contributed by atoms with E-state index < -0.39 is 10.0 Å². The third kappa shape index (κ3) is 4.22. The number of hydrogen-bond acceptors (Lipinski definition) is 3. The largest absolute Gasteiger partial charge is 0.326 e. The van der Waals surface area contributed by atoms with E-state index in [1.807, 2.05) is 63.2 Å². The molecule has 0 saturated carbocycles. The molecule has 0 spiro atoms. The van der Waals surface area contributed by atoms with Crippen LogP contribution in [0.15, 0.2) is 47.4 Å². The van der Waals surface area contributed by atoms with Crippen LogP contribution in [-0.4, -0.2) is 31.7 Å². The van der Waals surface area contributed by atoms with E-state index in [2.05, 4.69) is 5.32 Å². The van der Waals surface area contributed by atoms with E-state index in [0.717, 1.165) is 22.4 Å². The molecule has 1 amide bonds. The van der Waals surface area contributed by atoms with Crippen LogP contribution in [0.3, 0.4) is 0 Å². The molecule has 3 rings (SSSR count). The minimum Gasteiger partial charge on any atom is -0.326 e. The molecule has 27 heavy (non-hydrogen) atoms. The Kier molecular flexibility index (Phi) is 5.67. The van der Waals surface area contributed by atoms with Gasteiger partial charge >= 0.3 is 0 Å². The number of para-hydroxylation sites is 1. The van der Waals surface area contributed by atoms with Crippen molar-refractivity contribution in [1.82, 2.24) is 4.31 Å². The van der Waals surface area contributed by atoms with Crippen LogP contribution >= 0.6 is 0 Å². The summed E-state index contributed by atoms with van der Waals surface area (Å²) >= 11 is 0. The van der Waals surface area contributed by atoms with E-state index in [1.165, 1.54) is 4.31 Å². The lowest BCUT2D eigenvalue weighted by molar-refractivity contribution is -0.120. The molecule has 0 aliphatic carbocycles. The Balaban J connectivity index is 1.80. The molecule has 0 unspecified atom stereocenters. The maximum absolute atomic E-state index is 13.3. The van der Waals surface area contributed by atoms with E-state index in [9.17, 15) is 13.2 Å². The highest BCUT2D eigenvalue weighted by molar-refractivity contribution is 7.89. The number of anilines is 1. The fourth-order valence-corrected chi connectivity index (χ4v) is 5.78. The number of amides is 1. The molecule has 1 heterocycles. The summed E-state index contributed by atoms with van der Waals surface area (Å²) in [6, 6.07) is 13.0. The van der Waals surface area contributed by atoms with Gasteiger partial charge in [-0.3, -0.25) is 4.79 Å². The zero-order chi connectivity index (χ0) is 19.6. The maximum atomic E-state index is 13.3. The first-order chi connectivity index (χ1) is 12.8. The second-order valence-corrected chi connectivity index (χ2v) is 9.16. The van der Waals surface area contributed by atoms with Gasteiger partial charge in [0.25, 0.3) is 0 Å². The average molecular weight is 387 g/mol. The van der Waals surface area contributed by atoms with Gasteiger partial charge in [-0.15, -0.1) is 0 Å². The number of carbonyl (C=O) groups excluding carboxylic acids is 1. The van der Waals surface area contributed by atoms with Gasteiger partial charge in [0.2, 0.25) is 15.9 Å². The Morgan fingerprint density at radius 2 is 1.70 bits per heavy atom. The van der Waals surface area contributed by atoms with E-state index in [4.69, 9.17) is 0 Å². The number of nitrogens with zero attached hydrogens (tertiary/aromatic N) is 1. The van der Waals surface area contributed by atoms with Crippen molar-refractivity contribution in [3.8, 4) is 0 Å². The third-order valence-corrected chi connectivity index (χ3v) is 7.17. The summed E-state index contributed by atoms with van der Waals surface area (Å²) in [5.74, 6) is -0.474.